The van der Waals surface area contributed by atoms with E-state index in [1.165, 1.54) is 103 Å². The van der Waals surface area contributed by atoms with Gasteiger partial charge in [-0.05, 0) is 103 Å². The van der Waals surface area contributed by atoms with Gasteiger partial charge in [-0.1, -0.05) is 190 Å². The number of allylic oxidation sites excluding steroid dienone is 12. The van der Waals surface area contributed by atoms with Crippen molar-refractivity contribution in [2.24, 2.45) is 0 Å². The van der Waals surface area contributed by atoms with Gasteiger partial charge in [-0.2, -0.15) is 0 Å². The number of rotatable bonds is 45. The van der Waals surface area contributed by atoms with Crippen LogP contribution in [0.25, 0.3) is 0 Å². The highest BCUT2D eigenvalue weighted by Gasteiger charge is 2.19. The van der Waals surface area contributed by atoms with Crippen LogP contribution in [0.3, 0.4) is 0 Å². The standard InChI is InChI=1S/C55H94O6/c1-4-7-10-13-16-19-22-24-26-27-29-31-34-37-40-43-46-49-55(58)61-52(50-59-53(56)47-44-41-38-35-32-21-18-15-12-9-6-3)51-60-54(57)48-45-42-39-36-33-30-28-25-23-20-17-14-11-8-5-2/h8,11,15,17-18,20,24-26,28,33,36,52H,4-7,9-10,12-14,16,19,21-23,27,29-32,34-35,37-51H2,1-3H3/b11-8-,18-15-,20-17-,26-24-,28-25-,36-33-/t52-/m0/s1. The van der Waals surface area contributed by atoms with Crippen LogP contribution in [-0.2, 0) is 28.6 Å². The fraction of sp³-hybridized carbons (Fsp3) is 0.727. The van der Waals surface area contributed by atoms with Crippen LogP contribution in [-0.4, -0.2) is 37.2 Å². The quantitative estimate of drug-likeness (QED) is 0.0263. The van der Waals surface area contributed by atoms with Gasteiger partial charge in [-0.3, -0.25) is 14.4 Å². The van der Waals surface area contributed by atoms with Gasteiger partial charge in [-0.15, -0.1) is 0 Å². The summed E-state index contributed by atoms with van der Waals surface area (Å²) in [5.41, 5.74) is 0. The van der Waals surface area contributed by atoms with E-state index >= 15 is 0 Å². The first-order valence-electron chi connectivity index (χ1n) is 25.4. The summed E-state index contributed by atoms with van der Waals surface area (Å²) in [7, 11) is 0. The zero-order valence-electron chi connectivity index (χ0n) is 39.9. The van der Waals surface area contributed by atoms with Gasteiger partial charge >= 0.3 is 17.9 Å². The van der Waals surface area contributed by atoms with Crippen molar-refractivity contribution in [1.29, 1.82) is 0 Å². The molecule has 0 spiro atoms. The van der Waals surface area contributed by atoms with Crippen LogP contribution in [0.5, 0.6) is 0 Å². The molecule has 0 aliphatic rings. The Kier molecular flexibility index (Phi) is 46.9. The lowest BCUT2D eigenvalue weighted by atomic mass is 10.1. The maximum atomic E-state index is 12.8. The van der Waals surface area contributed by atoms with Crippen LogP contribution in [0.1, 0.15) is 239 Å². The van der Waals surface area contributed by atoms with E-state index in [2.05, 4.69) is 93.7 Å². The Morgan fingerprint density at radius 1 is 0.344 bits per heavy atom. The molecule has 0 rings (SSSR count). The van der Waals surface area contributed by atoms with Crippen LogP contribution in [0.2, 0.25) is 0 Å². The highest BCUT2D eigenvalue weighted by molar-refractivity contribution is 5.71. The smallest absolute Gasteiger partial charge is 0.306 e. The molecule has 0 aliphatic carbocycles. The van der Waals surface area contributed by atoms with E-state index in [1.807, 2.05) is 0 Å². The van der Waals surface area contributed by atoms with Gasteiger partial charge < -0.3 is 14.2 Å². The van der Waals surface area contributed by atoms with E-state index in [0.29, 0.717) is 19.3 Å². The van der Waals surface area contributed by atoms with E-state index in [0.717, 1.165) is 96.3 Å². The van der Waals surface area contributed by atoms with Gasteiger partial charge in [0, 0.05) is 19.3 Å². The molecule has 0 N–H and O–H groups in total. The maximum Gasteiger partial charge on any atom is 0.306 e. The molecule has 0 radical (unpaired) electrons. The molecule has 0 saturated carbocycles. The van der Waals surface area contributed by atoms with Gasteiger partial charge in [0.15, 0.2) is 6.10 Å². The summed E-state index contributed by atoms with van der Waals surface area (Å²) in [5.74, 6) is -0.951. The first-order valence-corrected chi connectivity index (χ1v) is 25.4. The summed E-state index contributed by atoms with van der Waals surface area (Å²) in [4.78, 5) is 37.9. The average Bonchev–Trinajstić information content (AvgIpc) is 3.26. The van der Waals surface area contributed by atoms with Crippen molar-refractivity contribution in [3.05, 3.63) is 72.9 Å². The van der Waals surface area contributed by atoms with Crippen molar-refractivity contribution >= 4 is 17.9 Å². The zero-order valence-corrected chi connectivity index (χ0v) is 39.9. The molecular weight excluding hydrogens is 757 g/mol. The Hall–Kier alpha value is -3.15. The van der Waals surface area contributed by atoms with Crippen LogP contribution in [0, 0.1) is 0 Å². The molecule has 0 aliphatic heterocycles. The first-order chi connectivity index (χ1) is 30.0. The zero-order chi connectivity index (χ0) is 44.4. The second-order valence-corrected chi connectivity index (χ2v) is 16.7. The van der Waals surface area contributed by atoms with Gasteiger partial charge in [0.1, 0.15) is 13.2 Å². The van der Waals surface area contributed by atoms with Gasteiger partial charge in [0.05, 0.1) is 0 Å². The van der Waals surface area contributed by atoms with Gasteiger partial charge in [0.2, 0.25) is 0 Å². The molecular formula is C55H94O6. The molecule has 350 valence electrons. The van der Waals surface area contributed by atoms with Crippen molar-refractivity contribution in [3.63, 3.8) is 0 Å². The van der Waals surface area contributed by atoms with Crippen LogP contribution < -0.4 is 0 Å². The molecule has 0 heterocycles. The third-order valence-electron chi connectivity index (χ3n) is 10.7. The Morgan fingerprint density at radius 3 is 1.10 bits per heavy atom. The molecule has 1 atom stereocenters. The molecule has 0 aromatic heterocycles. The largest absolute Gasteiger partial charge is 0.462 e. The molecule has 0 aromatic rings. The number of carbonyl (C=O) groups is 3. The molecule has 6 nitrogen and oxygen atoms in total. The van der Waals surface area contributed by atoms with Crippen molar-refractivity contribution < 1.29 is 28.6 Å². The number of hydrogen-bond acceptors (Lipinski definition) is 6. The van der Waals surface area contributed by atoms with Crippen molar-refractivity contribution in [2.45, 2.75) is 245 Å². The number of ether oxygens (including phenoxy) is 3. The van der Waals surface area contributed by atoms with Gasteiger partial charge in [0.25, 0.3) is 0 Å². The van der Waals surface area contributed by atoms with E-state index in [4.69, 9.17) is 14.2 Å². The summed E-state index contributed by atoms with van der Waals surface area (Å²) in [6.07, 6.45) is 61.7. The molecule has 0 fully saturated rings. The summed E-state index contributed by atoms with van der Waals surface area (Å²) in [6.45, 7) is 6.43. The molecule has 61 heavy (non-hydrogen) atoms. The highest BCUT2D eigenvalue weighted by atomic mass is 16.6. The SMILES string of the molecule is CC/C=C\C/C=C\C/C=C\C/C=C\CCCCC(=O)OC[C@H](COC(=O)CCCCCCC/C=C\CCCC)OC(=O)CCCCCCCCC/C=C\CCCCCCCC. The maximum absolute atomic E-state index is 12.8. The van der Waals surface area contributed by atoms with Crippen LogP contribution in [0.15, 0.2) is 72.9 Å². The Morgan fingerprint density at radius 2 is 0.656 bits per heavy atom. The number of esters is 3. The van der Waals surface area contributed by atoms with Crippen molar-refractivity contribution in [1.82, 2.24) is 0 Å². The van der Waals surface area contributed by atoms with Crippen molar-refractivity contribution in [3.8, 4) is 0 Å². The van der Waals surface area contributed by atoms with Crippen LogP contribution in [0.4, 0.5) is 0 Å². The Balaban J connectivity index is 4.44. The third-order valence-corrected chi connectivity index (χ3v) is 10.7. The molecule has 0 amide bonds. The van der Waals surface area contributed by atoms with Gasteiger partial charge in [-0.25, -0.2) is 0 Å². The predicted octanol–water partition coefficient (Wildman–Crippen LogP) is 16.6. The molecule has 0 bridgehead atoms. The second-order valence-electron chi connectivity index (χ2n) is 16.7. The minimum atomic E-state index is -0.796. The first kappa shape index (κ1) is 57.9. The lowest BCUT2D eigenvalue weighted by molar-refractivity contribution is -0.167. The number of unbranched alkanes of at least 4 members (excludes halogenated alkanes) is 22. The normalized spacial score (nSPS) is 12.6. The Bertz CT molecular complexity index is 1160. The minimum Gasteiger partial charge on any atom is -0.462 e. The Labute approximate surface area is 376 Å². The van der Waals surface area contributed by atoms with Crippen molar-refractivity contribution in [2.75, 3.05) is 13.2 Å². The second kappa shape index (κ2) is 49.5. The lowest BCUT2D eigenvalue weighted by Crippen LogP contribution is -2.30. The van der Waals surface area contributed by atoms with E-state index in [1.54, 1.807) is 0 Å². The van der Waals surface area contributed by atoms with E-state index in [-0.39, 0.29) is 31.1 Å². The number of carbonyl (C=O) groups excluding carboxylic acids is 3. The number of hydrogen-bond donors (Lipinski definition) is 0. The predicted molar refractivity (Wildman–Crippen MR) is 261 cm³/mol. The monoisotopic (exact) mass is 851 g/mol. The van der Waals surface area contributed by atoms with E-state index in [9.17, 15) is 14.4 Å². The summed E-state index contributed by atoms with van der Waals surface area (Å²) >= 11 is 0. The molecule has 6 heteroatoms. The lowest BCUT2D eigenvalue weighted by Gasteiger charge is -2.18. The fourth-order valence-electron chi connectivity index (χ4n) is 6.82. The highest BCUT2D eigenvalue weighted by Crippen LogP contribution is 2.14. The van der Waals surface area contributed by atoms with E-state index < -0.39 is 6.10 Å². The fourth-order valence-corrected chi connectivity index (χ4v) is 6.82. The molecule has 0 unspecified atom stereocenters. The molecule has 0 aromatic carbocycles. The molecule has 0 saturated heterocycles. The summed E-state index contributed by atoms with van der Waals surface area (Å²) in [6, 6.07) is 0. The minimum absolute atomic E-state index is 0.0950. The summed E-state index contributed by atoms with van der Waals surface area (Å²) in [5, 5.41) is 0. The third kappa shape index (κ3) is 47.7. The average molecular weight is 851 g/mol. The topological polar surface area (TPSA) is 78.9 Å². The van der Waals surface area contributed by atoms with Crippen LogP contribution >= 0.6 is 0 Å². The summed E-state index contributed by atoms with van der Waals surface area (Å²) < 4.78 is 16.7.